The predicted molar refractivity (Wildman–Crippen MR) is 72.3 cm³/mol. The van der Waals surface area contributed by atoms with Gasteiger partial charge < -0.3 is 5.32 Å². The number of nitrogens with two attached hydrogens (primary N) is 1. The Labute approximate surface area is 114 Å². The van der Waals surface area contributed by atoms with Gasteiger partial charge >= 0.3 is 0 Å². The molecule has 1 atom stereocenters. The molecular formula is C12H23N3O3S. The molecule has 7 heteroatoms. The van der Waals surface area contributed by atoms with Crippen LogP contribution in [0.4, 0.5) is 0 Å². The second-order valence-electron chi connectivity index (χ2n) is 6.38. The molecule has 0 radical (unpaired) electrons. The van der Waals surface area contributed by atoms with Crippen molar-refractivity contribution in [2.75, 3.05) is 19.6 Å². The van der Waals surface area contributed by atoms with Gasteiger partial charge in [-0.25, -0.2) is 5.14 Å². The zero-order valence-corrected chi connectivity index (χ0v) is 12.4. The summed E-state index contributed by atoms with van der Waals surface area (Å²) in [7, 11) is -3.55. The molecule has 0 aromatic carbocycles. The first-order valence-electron chi connectivity index (χ1n) is 6.76. The Kier molecular flexibility index (Phi) is 3.90. The molecule has 1 heterocycles. The fraction of sp³-hybridized carbons (Fsp3) is 0.917. The van der Waals surface area contributed by atoms with Crippen molar-refractivity contribution in [2.45, 2.75) is 33.1 Å². The number of nitrogens with one attached hydrogen (secondary N) is 1. The third kappa shape index (κ3) is 3.67. The minimum atomic E-state index is -3.55. The van der Waals surface area contributed by atoms with Crippen molar-refractivity contribution >= 4 is 16.1 Å². The average Bonchev–Trinajstić information content (AvgIpc) is 2.95. The zero-order chi connectivity index (χ0) is 14.3. The monoisotopic (exact) mass is 289 g/mol. The van der Waals surface area contributed by atoms with Crippen LogP contribution in [0.5, 0.6) is 0 Å². The standard InChI is InChI=1S/C12H23N3O3S/c1-12(2)7-10(12)11(16)14-8-9-3-5-15(6-4-9)19(13,17)18/h9-10H,3-8H2,1-2H3,(H,14,16)(H2,13,17,18). The molecule has 1 saturated heterocycles. The number of hydrogen-bond donors (Lipinski definition) is 2. The van der Waals surface area contributed by atoms with E-state index >= 15 is 0 Å². The Hall–Kier alpha value is -0.660. The van der Waals surface area contributed by atoms with Crippen molar-refractivity contribution < 1.29 is 13.2 Å². The van der Waals surface area contributed by atoms with Crippen molar-refractivity contribution in [3.63, 3.8) is 0 Å². The maximum Gasteiger partial charge on any atom is 0.276 e. The van der Waals surface area contributed by atoms with E-state index in [4.69, 9.17) is 5.14 Å². The van der Waals surface area contributed by atoms with Crippen LogP contribution in [0.2, 0.25) is 0 Å². The summed E-state index contributed by atoms with van der Waals surface area (Å²) in [5, 5.41) is 8.07. The van der Waals surface area contributed by atoms with Gasteiger partial charge in [0.1, 0.15) is 0 Å². The normalized spacial score (nSPS) is 28.1. The van der Waals surface area contributed by atoms with Crippen molar-refractivity contribution in [1.82, 2.24) is 9.62 Å². The molecule has 6 nitrogen and oxygen atoms in total. The van der Waals surface area contributed by atoms with Gasteiger partial charge in [-0.15, -0.1) is 0 Å². The lowest BCUT2D eigenvalue weighted by atomic mass is 9.98. The van der Waals surface area contributed by atoms with Crippen LogP contribution >= 0.6 is 0 Å². The van der Waals surface area contributed by atoms with Gasteiger partial charge in [0.05, 0.1) is 0 Å². The summed E-state index contributed by atoms with van der Waals surface area (Å²) in [4.78, 5) is 11.8. The van der Waals surface area contributed by atoms with Crippen LogP contribution in [0, 0.1) is 17.3 Å². The summed E-state index contributed by atoms with van der Waals surface area (Å²) in [6.45, 7) is 5.75. The molecule has 0 aromatic heterocycles. The van der Waals surface area contributed by atoms with E-state index in [1.807, 2.05) is 0 Å². The largest absolute Gasteiger partial charge is 0.356 e. The summed E-state index contributed by atoms with van der Waals surface area (Å²) in [5.74, 6) is 0.639. The van der Waals surface area contributed by atoms with Crippen molar-refractivity contribution in [3.05, 3.63) is 0 Å². The summed E-state index contributed by atoms with van der Waals surface area (Å²) in [6, 6.07) is 0. The molecule has 2 aliphatic rings. The van der Waals surface area contributed by atoms with E-state index in [0.29, 0.717) is 25.6 Å². The molecule has 0 aromatic rings. The highest BCUT2D eigenvalue weighted by atomic mass is 32.2. The average molecular weight is 289 g/mol. The SMILES string of the molecule is CC1(C)CC1C(=O)NCC1CCN(S(N)(=O)=O)CC1. The third-order valence-electron chi connectivity index (χ3n) is 4.33. The summed E-state index contributed by atoms with van der Waals surface area (Å²) >= 11 is 0. The molecule has 0 spiro atoms. The summed E-state index contributed by atoms with van der Waals surface area (Å²) < 4.78 is 23.6. The molecule has 3 N–H and O–H groups in total. The van der Waals surface area contributed by atoms with E-state index in [0.717, 1.165) is 19.3 Å². The Morgan fingerprint density at radius 1 is 1.37 bits per heavy atom. The van der Waals surface area contributed by atoms with Crippen molar-refractivity contribution in [3.8, 4) is 0 Å². The second-order valence-corrected chi connectivity index (χ2v) is 7.92. The molecule has 110 valence electrons. The fourth-order valence-electron chi connectivity index (χ4n) is 2.65. The first-order chi connectivity index (χ1) is 8.70. The van der Waals surface area contributed by atoms with Crippen LogP contribution < -0.4 is 10.5 Å². The topological polar surface area (TPSA) is 92.5 Å². The Morgan fingerprint density at radius 3 is 2.32 bits per heavy atom. The van der Waals surface area contributed by atoms with Crippen LogP contribution in [-0.2, 0) is 15.0 Å². The predicted octanol–water partition coefficient (Wildman–Crippen LogP) is 0.0642. The van der Waals surface area contributed by atoms with Crippen molar-refractivity contribution in [1.29, 1.82) is 0 Å². The number of piperidine rings is 1. The van der Waals surface area contributed by atoms with E-state index in [9.17, 15) is 13.2 Å². The van der Waals surface area contributed by atoms with Crippen molar-refractivity contribution in [2.24, 2.45) is 22.4 Å². The van der Waals surface area contributed by atoms with Crippen LogP contribution in [0.1, 0.15) is 33.1 Å². The van der Waals surface area contributed by atoms with Gasteiger partial charge in [-0.1, -0.05) is 13.8 Å². The quantitative estimate of drug-likeness (QED) is 0.766. The molecule has 0 bridgehead atoms. The van der Waals surface area contributed by atoms with Crippen LogP contribution in [0.25, 0.3) is 0 Å². The van der Waals surface area contributed by atoms with Crippen LogP contribution in [0.15, 0.2) is 0 Å². The van der Waals surface area contributed by atoms with E-state index in [1.54, 1.807) is 0 Å². The number of amides is 1. The lowest BCUT2D eigenvalue weighted by Gasteiger charge is -2.29. The maximum absolute atomic E-state index is 11.8. The lowest BCUT2D eigenvalue weighted by molar-refractivity contribution is -0.123. The molecular weight excluding hydrogens is 266 g/mol. The molecule has 19 heavy (non-hydrogen) atoms. The summed E-state index contributed by atoms with van der Waals surface area (Å²) in [6.07, 6.45) is 2.47. The first kappa shape index (κ1) is 14.7. The first-order valence-corrected chi connectivity index (χ1v) is 8.26. The highest BCUT2D eigenvalue weighted by Crippen LogP contribution is 2.51. The number of nitrogens with zero attached hydrogens (tertiary/aromatic N) is 1. The minimum Gasteiger partial charge on any atom is -0.356 e. The molecule has 1 aliphatic carbocycles. The zero-order valence-electron chi connectivity index (χ0n) is 11.6. The van der Waals surface area contributed by atoms with E-state index in [2.05, 4.69) is 19.2 Å². The number of carbonyl (C=O) groups excluding carboxylic acids is 1. The van der Waals surface area contributed by atoms with Gasteiger partial charge in [-0.05, 0) is 30.6 Å². The van der Waals surface area contributed by atoms with Gasteiger partial charge in [-0.3, -0.25) is 4.79 Å². The molecule has 1 aliphatic heterocycles. The van der Waals surface area contributed by atoms with Crippen LogP contribution in [-0.4, -0.2) is 38.3 Å². The number of carbonyl (C=O) groups is 1. The van der Waals surface area contributed by atoms with Crippen LogP contribution in [0.3, 0.4) is 0 Å². The Morgan fingerprint density at radius 2 is 1.89 bits per heavy atom. The van der Waals surface area contributed by atoms with Gasteiger partial charge in [0, 0.05) is 25.6 Å². The maximum atomic E-state index is 11.8. The number of rotatable bonds is 4. The Balaban J connectivity index is 1.71. The highest BCUT2D eigenvalue weighted by Gasteiger charge is 2.50. The molecule has 1 saturated carbocycles. The van der Waals surface area contributed by atoms with E-state index in [-0.39, 0.29) is 17.2 Å². The number of hydrogen-bond acceptors (Lipinski definition) is 3. The second kappa shape index (κ2) is 5.03. The van der Waals surface area contributed by atoms with Gasteiger partial charge in [0.25, 0.3) is 10.2 Å². The van der Waals surface area contributed by atoms with Gasteiger partial charge in [0.15, 0.2) is 0 Å². The molecule has 2 fully saturated rings. The van der Waals surface area contributed by atoms with E-state index in [1.165, 1.54) is 4.31 Å². The van der Waals surface area contributed by atoms with E-state index < -0.39 is 10.2 Å². The smallest absolute Gasteiger partial charge is 0.276 e. The fourth-order valence-corrected chi connectivity index (χ4v) is 3.37. The Bertz CT molecular complexity index is 453. The lowest BCUT2D eigenvalue weighted by Crippen LogP contribution is -2.44. The molecule has 1 unspecified atom stereocenters. The minimum absolute atomic E-state index is 0.138. The highest BCUT2D eigenvalue weighted by molar-refractivity contribution is 7.86. The van der Waals surface area contributed by atoms with Gasteiger partial charge in [-0.2, -0.15) is 12.7 Å². The van der Waals surface area contributed by atoms with Gasteiger partial charge in [0.2, 0.25) is 5.91 Å². The summed E-state index contributed by atoms with van der Waals surface area (Å²) in [5.41, 5.74) is 0.154. The third-order valence-corrected chi connectivity index (χ3v) is 5.41. The molecule has 1 amide bonds. The molecule has 2 rings (SSSR count).